The van der Waals surface area contributed by atoms with Crippen LogP contribution in [0.1, 0.15) is 11.4 Å². The van der Waals surface area contributed by atoms with Crippen molar-refractivity contribution in [1.82, 2.24) is 15.2 Å². The Morgan fingerprint density at radius 2 is 2.05 bits per heavy atom. The van der Waals surface area contributed by atoms with Gasteiger partial charge in [-0.05, 0) is 38.4 Å². The van der Waals surface area contributed by atoms with Gasteiger partial charge in [-0.25, -0.2) is 9.37 Å². The van der Waals surface area contributed by atoms with E-state index in [1.165, 1.54) is 23.5 Å². The Kier molecular flexibility index (Phi) is 6.03. The van der Waals surface area contributed by atoms with Crippen molar-refractivity contribution in [3.8, 4) is 11.3 Å². The lowest BCUT2D eigenvalue weighted by Gasteiger charge is -2.09. The molecule has 0 saturated heterocycles. The van der Waals surface area contributed by atoms with Crippen LogP contribution in [0.3, 0.4) is 0 Å². The Hall–Kier alpha value is -1.79. The summed E-state index contributed by atoms with van der Waals surface area (Å²) in [5.74, 6) is -0.214. The molecule has 1 aromatic carbocycles. The van der Waals surface area contributed by atoms with Gasteiger partial charge in [-0.3, -0.25) is 4.79 Å². The van der Waals surface area contributed by atoms with E-state index >= 15 is 0 Å². The van der Waals surface area contributed by atoms with Crippen LogP contribution in [-0.2, 0) is 11.2 Å². The molecular formula is C16H20FN3OS. The third-order valence-electron chi connectivity index (χ3n) is 3.14. The number of hydrogen-bond donors (Lipinski definition) is 1. The van der Waals surface area contributed by atoms with E-state index in [1.807, 2.05) is 24.4 Å². The van der Waals surface area contributed by atoms with Crippen molar-refractivity contribution in [1.29, 1.82) is 0 Å². The van der Waals surface area contributed by atoms with E-state index in [9.17, 15) is 9.18 Å². The zero-order valence-electron chi connectivity index (χ0n) is 12.8. The Bertz CT molecular complexity index is 610. The molecule has 0 fully saturated rings. The van der Waals surface area contributed by atoms with Gasteiger partial charge in [0.2, 0.25) is 5.91 Å². The Morgan fingerprint density at radius 1 is 1.32 bits per heavy atom. The first-order chi connectivity index (χ1) is 10.5. The number of thiazole rings is 1. The van der Waals surface area contributed by atoms with Gasteiger partial charge in [0, 0.05) is 36.9 Å². The average molecular weight is 321 g/mol. The fraction of sp³-hybridized carbons (Fsp3) is 0.375. The van der Waals surface area contributed by atoms with Crippen molar-refractivity contribution in [2.24, 2.45) is 0 Å². The topological polar surface area (TPSA) is 45.2 Å². The van der Waals surface area contributed by atoms with Crippen molar-refractivity contribution < 1.29 is 9.18 Å². The highest BCUT2D eigenvalue weighted by Gasteiger charge is 2.07. The van der Waals surface area contributed by atoms with Gasteiger partial charge in [0.1, 0.15) is 5.82 Å². The van der Waals surface area contributed by atoms with Crippen molar-refractivity contribution >= 4 is 17.2 Å². The molecule has 2 aromatic rings. The van der Waals surface area contributed by atoms with Crippen molar-refractivity contribution in [3.63, 3.8) is 0 Å². The normalized spacial score (nSPS) is 10.9. The van der Waals surface area contributed by atoms with Gasteiger partial charge in [0.05, 0.1) is 10.7 Å². The third-order valence-corrected chi connectivity index (χ3v) is 4.05. The number of benzene rings is 1. The number of carbonyl (C=O) groups excluding carboxylic acids is 1. The monoisotopic (exact) mass is 321 g/mol. The van der Waals surface area contributed by atoms with Crippen LogP contribution in [0.25, 0.3) is 11.3 Å². The Labute approximate surface area is 134 Å². The summed E-state index contributed by atoms with van der Waals surface area (Å²) in [4.78, 5) is 18.2. The first-order valence-corrected chi connectivity index (χ1v) is 8.04. The molecule has 0 unspecified atom stereocenters. The number of nitrogens with one attached hydrogen (secondary N) is 1. The lowest BCUT2D eigenvalue weighted by Crippen LogP contribution is -2.31. The Morgan fingerprint density at radius 3 is 2.73 bits per heavy atom. The van der Waals surface area contributed by atoms with Crippen LogP contribution in [0, 0.1) is 5.82 Å². The van der Waals surface area contributed by atoms with E-state index in [0.717, 1.165) is 22.8 Å². The minimum absolute atomic E-state index is 0.0420. The molecule has 0 aliphatic heterocycles. The fourth-order valence-electron chi connectivity index (χ4n) is 1.91. The van der Waals surface area contributed by atoms with Crippen molar-refractivity contribution in [2.45, 2.75) is 12.8 Å². The van der Waals surface area contributed by atoms with E-state index in [2.05, 4.69) is 10.3 Å². The highest BCUT2D eigenvalue weighted by Crippen LogP contribution is 2.22. The molecule has 1 heterocycles. The highest BCUT2D eigenvalue weighted by molar-refractivity contribution is 7.09. The number of carbonyl (C=O) groups is 1. The molecule has 0 radical (unpaired) electrons. The van der Waals surface area contributed by atoms with Crippen LogP contribution < -0.4 is 5.32 Å². The van der Waals surface area contributed by atoms with Crippen LogP contribution >= 0.6 is 11.3 Å². The molecular weight excluding hydrogens is 301 g/mol. The molecule has 0 atom stereocenters. The summed E-state index contributed by atoms with van der Waals surface area (Å²) in [5, 5.41) is 5.74. The van der Waals surface area contributed by atoms with Crippen LogP contribution in [0.4, 0.5) is 4.39 Å². The zero-order valence-corrected chi connectivity index (χ0v) is 13.6. The second kappa shape index (κ2) is 8.00. The van der Waals surface area contributed by atoms with Gasteiger partial charge in [0.15, 0.2) is 0 Å². The number of nitrogens with zero attached hydrogens (tertiary/aromatic N) is 2. The molecule has 0 aliphatic carbocycles. The SMILES string of the molecule is CN(C)CCNC(=O)CCc1nc(-c2ccc(F)cc2)cs1. The standard InChI is InChI=1S/C16H20FN3OS/c1-20(2)10-9-18-15(21)7-8-16-19-14(11-22-16)12-3-5-13(17)6-4-12/h3-6,11H,7-10H2,1-2H3,(H,18,21). The summed E-state index contributed by atoms with van der Waals surface area (Å²) >= 11 is 1.53. The second-order valence-corrected chi connectivity index (χ2v) is 6.23. The molecule has 1 amide bonds. The zero-order chi connectivity index (χ0) is 15.9. The van der Waals surface area contributed by atoms with Gasteiger partial charge in [0.25, 0.3) is 0 Å². The van der Waals surface area contributed by atoms with Crippen molar-refractivity contribution in [2.75, 3.05) is 27.2 Å². The molecule has 0 bridgehead atoms. The maximum absolute atomic E-state index is 12.9. The van der Waals surface area contributed by atoms with E-state index in [0.29, 0.717) is 19.4 Å². The summed E-state index contributed by atoms with van der Waals surface area (Å²) in [6.07, 6.45) is 1.06. The summed E-state index contributed by atoms with van der Waals surface area (Å²) in [7, 11) is 3.94. The first kappa shape index (κ1) is 16.6. The molecule has 1 aromatic heterocycles. The van der Waals surface area contributed by atoms with Gasteiger partial charge < -0.3 is 10.2 Å². The number of aryl methyl sites for hydroxylation is 1. The fourth-order valence-corrected chi connectivity index (χ4v) is 2.71. The summed E-state index contributed by atoms with van der Waals surface area (Å²) in [6, 6.07) is 6.27. The lowest BCUT2D eigenvalue weighted by atomic mass is 10.2. The van der Waals surface area contributed by atoms with Crippen LogP contribution in [0.2, 0.25) is 0 Å². The smallest absolute Gasteiger partial charge is 0.220 e. The van der Waals surface area contributed by atoms with Gasteiger partial charge in [-0.15, -0.1) is 11.3 Å². The predicted octanol–water partition coefficient (Wildman–Crippen LogP) is 2.56. The first-order valence-electron chi connectivity index (χ1n) is 7.16. The number of rotatable bonds is 7. The molecule has 0 saturated carbocycles. The average Bonchev–Trinajstić information content (AvgIpc) is 2.94. The van der Waals surface area contributed by atoms with Gasteiger partial charge in [-0.1, -0.05) is 0 Å². The van der Waals surface area contributed by atoms with E-state index in [1.54, 1.807) is 12.1 Å². The minimum atomic E-state index is -0.256. The molecule has 118 valence electrons. The van der Waals surface area contributed by atoms with Gasteiger partial charge in [-0.2, -0.15) is 0 Å². The number of aromatic nitrogens is 1. The Balaban J connectivity index is 1.82. The van der Waals surface area contributed by atoms with E-state index in [-0.39, 0.29) is 11.7 Å². The summed E-state index contributed by atoms with van der Waals surface area (Å²) in [6.45, 7) is 1.49. The number of likely N-dealkylation sites (N-methyl/N-ethyl adjacent to an activating group) is 1. The van der Waals surface area contributed by atoms with Crippen LogP contribution in [0.15, 0.2) is 29.6 Å². The van der Waals surface area contributed by atoms with E-state index in [4.69, 9.17) is 0 Å². The quantitative estimate of drug-likeness (QED) is 0.852. The molecule has 0 spiro atoms. The molecule has 2 rings (SSSR count). The number of amides is 1. The molecule has 22 heavy (non-hydrogen) atoms. The van der Waals surface area contributed by atoms with Crippen LogP contribution in [0.5, 0.6) is 0 Å². The van der Waals surface area contributed by atoms with Crippen molar-refractivity contribution in [3.05, 3.63) is 40.5 Å². The van der Waals surface area contributed by atoms with Crippen LogP contribution in [-0.4, -0.2) is 43.0 Å². The summed E-state index contributed by atoms with van der Waals surface area (Å²) in [5.41, 5.74) is 1.72. The lowest BCUT2D eigenvalue weighted by molar-refractivity contribution is -0.121. The largest absolute Gasteiger partial charge is 0.355 e. The third kappa shape index (κ3) is 5.20. The minimum Gasteiger partial charge on any atom is -0.355 e. The second-order valence-electron chi connectivity index (χ2n) is 5.29. The molecule has 6 heteroatoms. The maximum atomic E-state index is 12.9. The van der Waals surface area contributed by atoms with Gasteiger partial charge >= 0.3 is 0 Å². The molecule has 0 aliphatic rings. The number of halogens is 1. The highest BCUT2D eigenvalue weighted by atomic mass is 32.1. The molecule has 1 N–H and O–H groups in total. The predicted molar refractivity (Wildman–Crippen MR) is 87.4 cm³/mol. The number of hydrogen-bond acceptors (Lipinski definition) is 4. The summed E-state index contributed by atoms with van der Waals surface area (Å²) < 4.78 is 12.9. The maximum Gasteiger partial charge on any atom is 0.220 e. The molecule has 4 nitrogen and oxygen atoms in total. The van der Waals surface area contributed by atoms with E-state index < -0.39 is 0 Å².